The van der Waals surface area contributed by atoms with Crippen LogP contribution in [-0.2, 0) is 11.2 Å². The highest BCUT2D eigenvalue weighted by Gasteiger charge is 2.06. The average Bonchev–Trinajstić information content (AvgIpc) is 2.29. The van der Waals surface area contributed by atoms with Crippen molar-refractivity contribution in [2.75, 3.05) is 0 Å². The summed E-state index contributed by atoms with van der Waals surface area (Å²) in [7, 11) is 0. The number of carbonyl (C=O) groups is 1. The lowest BCUT2D eigenvalue weighted by Gasteiger charge is -2.06. The molecule has 0 bridgehead atoms. The molecule has 0 saturated heterocycles. The Morgan fingerprint density at radius 2 is 2.18 bits per heavy atom. The normalized spacial score (nSPS) is 10.2. The molecular weight excluding hydrogens is 216 g/mol. The van der Waals surface area contributed by atoms with Crippen LogP contribution in [0.15, 0.2) is 36.7 Å². The van der Waals surface area contributed by atoms with Gasteiger partial charge in [-0.2, -0.15) is 0 Å². The molecule has 2 heterocycles. The third kappa shape index (κ3) is 2.66. The molecule has 0 aliphatic heterocycles. The fraction of sp³-hybridized carbons (Fsp3) is 0.154. The molecule has 0 fully saturated rings. The summed E-state index contributed by atoms with van der Waals surface area (Å²) >= 11 is 0. The lowest BCUT2D eigenvalue weighted by atomic mass is 10.1. The summed E-state index contributed by atoms with van der Waals surface area (Å²) < 4.78 is 0. The standard InChI is InChI=1S/C13H12N2O2/c1-9-12(10-3-2-6-14-8-10)5-4-11(15-9)7-13(16)17/h2-6,8H,7H2,1H3,(H,16,17). The summed E-state index contributed by atoms with van der Waals surface area (Å²) in [6, 6.07) is 7.44. The van der Waals surface area contributed by atoms with Crippen molar-refractivity contribution in [3.05, 3.63) is 48.0 Å². The molecule has 0 aromatic carbocycles. The number of hydrogen-bond acceptors (Lipinski definition) is 3. The van der Waals surface area contributed by atoms with E-state index in [-0.39, 0.29) is 6.42 Å². The van der Waals surface area contributed by atoms with Crippen molar-refractivity contribution in [2.24, 2.45) is 0 Å². The Morgan fingerprint density at radius 1 is 1.35 bits per heavy atom. The summed E-state index contributed by atoms with van der Waals surface area (Å²) in [5, 5.41) is 8.69. The molecule has 4 heteroatoms. The van der Waals surface area contributed by atoms with Crippen LogP contribution in [0.4, 0.5) is 0 Å². The van der Waals surface area contributed by atoms with E-state index >= 15 is 0 Å². The van der Waals surface area contributed by atoms with Gasteiger partial charge in [-0.05, 0) is 19.1 Å². The van der Waals surface area contributed by atoms with Gasteiger partial charge in [0, 0.05) is 29.2 Å². The molecule has 0 amide bonds. The number of hydrogen-bond donors (Lipinski definition) is 1. The van der Waals surface area contributed by atoms with Gasteiger partial charge in [-0.25, -0.2) is 0 Å². The van der Waals surface area contributed by atoms with Gasteiger partial charge in [-0.3, -0.25) is 14.8 Å². The molecule has 0 spiro atoms. The Bertz CT molecular complexity index is 538. The lowest BCUT2D eigenvalue weighted by molar-refractivity contribution is -0.136. The Morgan fingerprint density at radius 3 is 2.76 bits per heavy atom. The number of nitrogens with zero attached hydrogens (tertiary/aromatic N) is 2. The Labute approximate surface area is 99.0 Å². The second kappa shape index (κ2) is 4.74. The third-order valence-corrected chi connectivity index (χ3v) is 2.45. The van der Waals surface area contributed by atoms with Gasteiger partial charge in [0.1, 0.15) is 0 Å². The minimum absolute atomic E-state index is 0.0475. The van der Waals surface area contributed by atoms with Crippen molar-refractivity contribution >= 4 is 5.97 Å². The van der Waals surface area contributed by atoms with Crippen molar-refractivity contribution in [1.29, 1.82) is 0 Å². The monoisotopic (exact) mass is 228 g/mol. The fourth-order valence-electron chi connectivity index (χ4n) is 1.69. The van der Waals surface area contributed by atoms with Gasteiger partial charge in [0.05, 0.1) is 12.1 Å². The third-order valence-electron chi connectivity index (χ3n) is 2.45. The van der Waals surface area contributed by atoms with E-state index in [1.165, 1.54) is 0 Å². The first-order valence-corrected chi connectivity index (χ1v) is 5.25. The lowest BCUT2D eigenvalue weighted by Crippen LogP contribution is -2.03. The first-order valence-electron chi connectivity index (χ1n) is 5.25. The molecule has 0 atom stereocenters. The molecule has 0 aliphatic carbocycles. The largest absolute Gasteiger partial charge is 0.481 e. The van der Waals surface area contributed by atoms with Crippen LogP contribution in [0.2, 0.25) is 0 Å². The molecule has 0 radical (unpaired) electrons. The number of carboxylic acid groups (broad SMARTS) is 1. The van der Waals surface area contributed by atoms with E-state index in [0.29, 0.717) is 5.69 Å². The highest BCUT2D eigenvalue weighted by Crippen LogP contribution is 2.21. The molecular formula is C13H12N2O2. The molecule has 2 aromatic heterocycles. The molecule has 0 saturated carbocycles. The maximum absolute atomic E-state index is 10.6. The second-order valence-electron chi connectivity index (χ2n) is 3.75. The predicted molar refractivity (Wildman–Crippen MR) is 63.5 cm³/mol. The van der Waals surface area contributed by atoms with Gasteiger partial charge in [0.25, 0.3) is 0 Å². The Kier molecular flexibility index (Phi) is 3.14. The molecule has 0 aliphatic rings. The van der Waals surface area contributed by atoms with Crippen LogP contribution in [0, 0.1) is 6.92 Å². The van der Waals surface area contributed by atoms with E-state index in [1.54, 1.807) is 18.5 Å². The number of pyridine rings is 2. The van der Waals surface area contributed by atoms with Crippen LogP contribution < -0.4 is 0 Å². The molecule has 4 nitrogen and oxygen atoms in total. The highest BCUT2D eigenvalue weighted by molar-refractivity contribution is 5.70. The number of rotatable bonds is 3. The van der Waals surface area contributed by atoms with Crippen LogP contribution >= 0.6 is 0 Å². The number of aliphatic carboxylic acids is 1. The van der Waals surface area contributed by atoms with Crippen molar-refractivity contribution < 1.29 is 9.90 Å². The van der Waals surface area contributed by atoms with Crippen molar-refractivity contribution in [2.45, 2.75) is 13.3 Å². The SMILES string of the molecule is Cc1nc(CC(=O)O)ccc1-c1cccnc1. The minimum Gasteiger partial charge on any atom is -0.481 e. The quantitative estimate of drug-likeness (QED) is 0.873. The van der Waals surface area contributed by atoms with E-state index in [4.69, 9.17) is 5.11 Å². The van der Waals surface area contributed by atoms with Crippen molar-refractivity contribution in [3.63, 3.8) is 0 Å². The van der Waals surface area contributed by atoms with Crippen molar-refractivity contribution in [1.82, 2.24) is 9.97 Å². The minimum atomic E-state index is -0.869. The molecule has 2 rings (SSSR count). The number of carboxylic acids is 1. The maximum atomic E-state index is 10.6. The van der Waals surface area contributed by atoms with Crippen LogP contribution in [-0.4, -0.2) is 21.0 Å². The zero-order chi connectivity index (χ0) is 12.3. The van der Waals surface area contributed by atoms with E-state index in [1.807, 2.05) is 25.1 Å². The van der Waals surface area contributed by atoms with E-state index in [0.717, 1.165) is 16.8 Å². The van der Waals surface area contributed by atoms with E-state index < -0.39 is 5.97 Å². The first-order chi connectivity index (χ1) is 8.16. The average molecular weight is 228 g/mol. The predicted octanol–water partition coefficient (Wildman–Crippen LogP) is 2.08. The van der Waals surface area contributed by atoms with Gasteiger partial charge >= 0.3 is 5.97 Å². The summed E-state index contributed by atoms with van der Waals surface area (Å²) in [6.45, 7) is 1.87. The van der Waals surface area contributed by atoms with Crippen LogP contribution in [0.25, 0.3) is 11.1 Å². The Hall–Kier alpha value is -2.23. The van der Waals surface area contributed by atoms with Crippen LogP contribution in [0.1, 0.15) is 11.4 Å². The summed E-state index contributed by atoms with van der Waals surface area (Å²) in [5.74, 6) is -0.869. The molecule has 2 aromatic rings. The van der Waals surface area contributed by atoms with E-state index in [9.17, 15) is 4.79 Å². The number of aromatic nitrogens is 2. The fourth-order valence-corrected chi connectivity index (χ4v) is 1.69. The van der Waals surface area contributed by atoms with Gasteiger partial charge in [0.2, 0.25) is 0 Å². The van der Waals surface area contributed by atoms with Crippen molar-refractivity contribution in [3.8, 4) is 11.1 Å². The smallest absolute Gasteiger partial charge is 0.309 e. The summed E-state index contributed by atoms with van der Waals surface area (Å²) in [6.07, 6.45) is 3.43. The van der Waals surface area contributed by atoms with Gasteiger partial charge in [-0.1, -0.05) is 12.1 Å². The van der Waals surface area contributed by atoms with Gasteiger partial charge in [-0.15, -0.1) is 0 Å². The van der Waals surface area contributed by atoms with Crippen LogP contribution in [0.3, 0.4) is 0 Å². The summed E-state index contributed by atoms with van der Waals surface area (Å²) in [5.41, 5.74) is 3.35. The van der Waals surface area contributed by atoms with Gasteiger partial charge < -0.3 is 5.11 Å². The number of aryl methyl sites for hydroxylation is 1. The Balaban J connectivity index is 2.35. The topological polar surface area (TPSA) is 63.1 Å². The zero-order valence-corrected chi connectivity index (χ0v) is 9.42. The second-order valence-corrected chi connectivity index (χ2v) is 3.75. The van der Waals surface area contributed by atoms with Crippen LogP contribution in [0.5, 0.6) is 0 Å². The molecule has 86 valence electrons. The highest BCUT2D eigenvalue weighted by atomic mass is 16.4. The van der Waals surface area contributed by atoms with Gasteiger partial charge in [0.15, 0.2) is 0 Å². The zero-order valence-electron chi connectivity index (χ0n) is 9.42. The maximum Gasteiger partial charge on any atom is 0.309 e. The molecule has 0 unspecified atom stereocenters. The molecule has 17 heavy (non-hydrogen) atoms. The molecule has 1 N–H and O–H groups in total. The first kappa shape index (κ1) is 11.3. The van der Waals surface area contributed by atoms with E-state index in [2.05, 4.69) is 9.97 Å². The summed E-state index contributed by atoms with van der Waals surface area (Å²) in [4.78, 5) is 18.9.